The van der Waals surface area contributed by atoms with Crippen LogP contribution in [0.4, 0.5) is 10.5 Å². The van der Waals surface area contributed by atoms with E-state index in [2.05, 4.69) is 10.6 Å². The Hall–Kier alpha value is -3.87. The number of carbonyl (C=O) groups is 3. The van der Waals surface area contributed by atoms with Gasteiger partial charge in [-0.15, -0.1) is 0 Å². The number of anilines is 1. The van der Waals surface area contributed by atoms with Crippen molar-refractivity contribution in [2.24, 2.45) is 5.92 Å². The van der Waals surface area contributed by atoms with Gasteiger partial charge in [0, 0.05) is 12.2 Å². The summed E-state index contributed by atoms with van der Waals surface area (Å²) in [6.45, 7) is 15.1. The summed E-state index contributed by atoms with van der Waals surface area (Å²) >= 11 is 0. The maximum absolute atomic E-state index is 14.0. The third-order valence-corrected chi connectivity index (χ3v) is 6.65. The number of aryl methyl sites for hydroxylation is 2. The molecule has 0 aliphatic rings. The van der Waals surface area contributed by atoms with Crippen molar-refractivity contribution in [3.63, 3.8) is 0 Å². The van der Waals surface area contributed by atoms with Gasteiger partial charge in [-0.25, -0.2) is 4.79 Å². The summed E-state index contributed by atoms with van der Waals surface area (Å²) in [6.07, 6.45) is -0.672. The molecule has 2 unspecified atom stereocenters. The molecule has 0 aliphatic heterocycles. The smallest absolute Gasteiger partial charge is 0.408 e. The number of fused-ring (bicyclic) bond motifs is 1. The predicted molar refractivity (Wildman–Crippen MR) is 157 cm³/mol. The molecule has 0 aliphatic carbocycles. The molecule has 3 rings (SSSR count). The molecule has 0 fully saturated rings. The number of ether oxygens (including phenoxy) is 1. The van der Waals surface area contributed by atoms with Gasteiger partial charge >= 0.3 is 6.09 Å². The first-order valence-electron chi connectivity index (χ1n) is 13.5. The van der Waals surface area contributed by atoms with Gasteiger partial charge in [0.25, 0.3) is 5.91 Å². The quantitative estimate of drug-likeness (QED) is 0.346. The van der Waals surface area contributed by atoms with Gasteiger partial charge in [0.05, 0.1) is 0 Å². The Labute approximate surface area is 231 Å². The van der Waals surface area contributed by atoms with Gasteiger partial charge < -0.3 is 20.3 Å². The van der Waals surface area contributed by atoms with E-state index in [4.69, 9.17) is 4.74 Å². The average molecular weight is 532 g/mol. The summed E-state index contributed by atoms with van der Waals surface area (Å²) in [4.78, 5) is 42.1. The minimum absolute atomic E-state index is 0.233. The Morgan fingerprint density at radius 3 is 2.15 bits per heavy atom. The molecule has 0 heterocycles. The SMILES string of the molecule is CCN(C(=O)C(NC(=O)OC(C)(C)C)C(C)C)C(C(=O)Nc1ccc2ccccc2c1)c1ccc(C)c(C)c1. The minimum atomic E-state index is -0.907. The zero-order chi connectivity index (χ0) is 28.9. The summed E-state index contributed by atoms with van der Waals surface area (Å²) in [7, 11) is 0. The highest BCUT2D eigenvalue weighted by Crippen LogP contribution is 2.28. The van der Waals surface area contributed by atoms with Crippen molar-refractivity contribution >= 4 is 34.4 Å². The molecule has 0 bridgehead atoms. The van der Waals surface area contributed by atoms with Crippen molar-refractivity contribution in [2.75, 3.05) is 11.9 Å². The number of rotatable bonds is 8. The number of nitrogens with one attached hydrogen (secondary N) is 2. The number of amides is 3. The Bertz CT molecular complexity index is 1340. The largest absolute Gasteiger partial charge is 0.444 e. The summed E-state index contributed by atoms with van der Waals surface area (Å²) in [5.74, 6) is -0.915. The third kappa shape index (κ3) is 7.59. The van der Waals surface area contributed by atoms with Crippen molar-refractivity contribution in [1.29, 1.82) is 0 Å². The molecule has 3 aromatic carbocycles. The fourth-order valence-corrected chi connectivity index (χ4v) is 4.48. The second-order valence-corrected chi connectivity index (χ2v) is 11.3. The molecule has 2 atom stereocenters. The van der Waals surface area contributed by atoms with Gasteiger partial charge in [-0.05, 0) is 87.1 Å². The zero-order valence-corrected chi connectivity index (χ0v) is 24.3. The number of benzene rings is 3. The third-order valence-electron chi connectivity index (χ3n) is 6.65. The number of alkyl carbamates (subject to hydrolysis) is 1. The van der Waals surface area contributed by atoms with Gasteiger partial charge in [0.1, 0.15) is 17.7 Å². The van der Waals surface area contributed by atoms with Crippen molar-refractivity contribution in [2.45, 2.75) is 73.1 Å². The van der Waals surface area contributed by atoms with Gasteiger partial charge in [0.15, 0.2) is 0 Å². The van der Waals surface area contributed by atoms with E-state index in [0.717, 1.165) is 21.9 Å². The van der Waals surface area contributed by atoms with Gasteiger partial charge in [-0.1, -0.05) is 62.4 Å². The van der Waals surface area contributed by atoms with Crippen LogP contribution in [-0.2, 0) is 14.3 Å². The van der Waals surface area contributed by atoms with E-state index in [1.165, 1.54) is 4.90 Å². The topological polar surface area (TPSA) is 87.7 Å². The predicted octanol–water partition coefficient (Wildman–Crippen LogP) is 6.53. The average Bonchev–Trinajstić information content (AvgIpc) is 2.85. The number of hydrogen-bond donors (Lipinski definition) is 2. The lowest BCUT2D eigenvalue weighted by Crippen LogP contribution is -2.54. The van der Waals surface area contributed by atoms with E-state index in [1.807, 2.05) is 95.3 Å². The summed E-state index contributed by atoms with van der Waals surface area (Å²) in [5, 5.41) is 7.84. The van der Waals surface area contributed by atoms with Crippen molar-refractivity contribution in [1.82, 2.24) is 10.2 Å². The van der Waals surface area contributed by atoms with Crippen LogP contribution in [0.25, 0.3) is 10.8 Å². The van der Waals surface area contributed by atoms with Crippen molar-refractivity contribution in [3.05, 3.63) is 77.4 Å². The minimum Gasteiger partial charge on any atom is -0.444 e. The molecule has 7 nitrogen and oxygen atoms in total. The van der Waals surface area contributed by atoms with Crippen LogP contribution in [0.15, 0.2) is 60.7 Å². The molecule has 0 spiro atoms. The Morgan fingerprint density at radius 1 is 0.897 bits per heavy atom. The number of likely N-dealkylation sites (N-methyl/N-ethyl adjacent to an activating group) is 1. The zero-order valence-electron chi connectivity index (χ0n) is 24.3. The van der Waals surface area contributed by atoms with E-state index in [-0.39, 0.29) is 24.3 Å². The first-order chi connectivity index (χ1) is 18.3. The van der Waals surface area contributed by atoms with Crippen molar-refractivity contribution < 1.29 is 19.1 Å². The molecular weight excluding hydrogens is 490 g/mol. The highest BCUT2D eigenvalue weighted by Gasteiger charge is 2.37. The molecule has 0 radical (unpaired) electrons. The van der Waals surface area contributed by atoms with Crippen LogP contribution < -0.4 is 10.6 Å². The number of carbonyl (C=O) groups excluding carboxylic acids is 3. The van der Waals surface area contributed by atoms with Gasteiger partial charge in [-0.3, -0.25) is 9.59 Å². The Kier molecular flexibility index (Phi) is 9.38. The number of hydrogen-bond acceptors (Lipinski definition) is 4. The fraction of sp³-hybridized carbons (Fsp3) is 0.406. The second-order valence-electron chi connectivity index (χ2n) is 11.3. The highest BCUT2D eigenvalue weighted by molar-refractivity contribution is 6.00. The van der Waals surface area contributed by atoms with Crippen LogP contribution in [0, 0.1) is 19.8 Å². The molecule has 3 amide bonds. The molecule has 208 valence electrons. The molecule has 0 saturated heterocycles. The van der Waals surface area contributed by atoms with Crippen molar-refractivity contribution in [3.8, 4) is 0 Å². The van der Waals surface area contributed by atoms with Crippen LogP contribution in [0.2, 0.25) is 0 Å². The molecule has 3 aromatic rings. The van der Waals surface area contributed by atoms with Gasteiger partial charge in [0.2, 0.25) is 5.91 Å². The molecule has 39 heavy (non-hydrogen) atoms. The van der Waals surface area contributed by atoms with Crippen LogP contribution in [0.5, 0.6) is 0 Å². The molecule has 2 N–H and O–H groups in total. The van der Waals surface area contributed by atoms with E-state index >= 15 is 0 Å². The molecule has 0 saturated carbocycles. The lowest BCUT2D eigenvalue weighted by atomic mass is 9.96. The van der Waals surface area contributed by atoms with Crippen LogP contribution in [0.1, 0.15) is 64.3 Å². The monoisotopic (exact) mass is 531 g/mol. The van der Waals surface area contributed by atoms with E-state index < -0.39 is 23.8 Å². The maximum Gasteiger partial charge on any atom is 0.408 e. The van der Waals surface area contributed by atoms with E-state index in [0.29, 0.717) is 11.3 Å². The van der Waals surface area contributed by atoms with Crippen LogP contribution >= 0.6 is 0 Å². The highest BCUT2D eigenvalue weighted by atomic mass is 16.6. The Morgan fingerprint density at radius 2 is 1.56 bits per heavy atom. The normalized spacial score (nSPS) is 13.1. The summed E-state index contributed by atoms with van der Waals surface area (Å²) < 4.78 is 5.42. The van der Waals surface area contributed by atoms with E-state index in [9.17, 15) is 14.4 Å². The van der Waals surface area contributed by atoms with Crippen LogP contribution in [-0.4, -0.2) is 41.0 Å². The molecule has 7 heteroatoms. The first kappa shape index (κ1) is 29.7. The van der Waals surface area contributed by atoms with E-state index in [1.54, 1.807) is 20.8 Å². The van der Waals surface area contributed by atoms with Gasteiger partial charge in [-0.2, -0.15) is 0 Å². The first-order valence-corrected chi connectivity index (χ1v) is 13.5. The summed E-state index contributed by atoms with van der Waals surface area (Å²) in [6, 6.07) is 17.7. The molecular formula is C32H41N3O4. The standard InChI is InChI=1S/C32H41N3O4/c1-9-35(30(37)27(20(2)3)34-31(38)39-32(6,7)8)28(25-15-14-21(4)22(5)18-25)29(36)33-26-17-16-23-12-10-11-13-24(23)19-26/h10-20,27-28H,9H2,1-8H3,(H,33,36)(H,34,38). The Balaban J connectivity index is 1.99. The fourth-order valence-electron chi connectivity index (χ4n) is 4.48. The maximum atomic E-state index is 14.0. The molecule has 0 aromatic heterocycles. The lowest BCUT2D eigenvalue weighted by Gasteiger charge is -2.35. The second kappa shape index (κ2) is 12.3. The summed E-state index contributed by atoms with van der Waals surface area (Å²) in [5.41, 5.74) is 2.75. The number of nitrogens with zero attached hydrogens (tertiary/aromatic N) is 1. The van der Waals surface area contributed by atoms with Crippen LogP contribution in [0.3, 0.4) is 0 Å². The lowest BCUT2D eigenvalue weighted by molar-refractivity contribution is -0.141.